The summed E-state index contributed by atoms with van der Waals surface area (Å²) >= 11 is 11.8. The Balaban J connectivity index is 0.000000136. The van der Waals surface area contributed by atoms with Gasteiger partial charge in [0, 0.05) is 69.3 Å². The third-order valence-electron chi connectivity index (χ3n) is 16.5. The van der Waals surface area contributed by atoms with Gasteiger partial charge in [0.05, 0.1) is 59.6 Å². The van der Waals surface area contributed by atoms with Gasteiger partial charge in [-0.15, -0.1) is 0 Å². The standard InChI is InChI=1S/C17H19N3O3.C16H14ClN3O2.C16H15N3O4.C16H15N3O2.C15H12ClN3O2/c1-10(2)7-13-9-15(22-19-13)17-18-16(20-23-17)12-6-5-11(3)14(8-12)21-4;1-9-4-5-11(7-13(9)21-3)15-19-16(22-20-15)12-6-10(2)18-14(17)8-12;1-8-4-5-10(6-12(8)22-3)15-18-16(23-19-15)13-11(20)7-17-9(2)14(13)21;1-11-5-6-13(9-14(11)20-2)16-18-15(21-19-16)8-12-4-3-7-17-10-12;1-9-3-4-10(7-12(9)20-2)14-18-15(21-19-14)11-5-6-17-13(16)8-11/h5-6,8-10H,7H2,1-4H3;4-8H,1-3H3;4-7,20-21H,1-3H3;3-7,9-10H,8H2,1-2H3;3-8H,1-2H3. The Morgan fingerprint density at radius 2 is 0.836 bits per heavy atom. The minimum absolute atomic E-state index is 0.0139. The highest BCUT2D eigenvalue weighted by atomic mass is 35.5. The molecule has 10 aromatic heterocycles. The molecule has 30 heteroatoms. The van der Waals surface area contributed by atoms with Gasteiger partial charge in [0.15, 0.2) is 5.75 Å². The van der Waals surface area contributed by atoms with Crippen molar-refractivity contribution in [3.05, 3.63) is 225 Å². The molecule has 0 spiro atoms. The summed E-state index contributed by atoms with van der Waals surface area (Å²) in [5.41, 5.74) is 13.9. The lowest BCUT2D eigenvalue weighted by Crippen LogP contribution is -1.92. The van der Waals surface area contributed by atoms with Gasteiger partial charge in [0.25, 0.3) is 23.6 Å². The Hall–Kier alpha value is -13.2. The highest BCUT2D eigenvalue weighted by molar-refractivity contribution is 6.30. The number of aryl methyl sites for hydroxylation is 7. The molecule has 110 heavy (non-hydrogen) atoms. The summed E-state index contributed by atoms with van der Waals surface area (Å²) in [7, 11) is 8.14. The average molecular weight is 1530 g/mol. The predicted molar refractivity (Wildman–Crippen MR) is 409 cm³/mol. The third-order valence-corrected chi connectivity index (χ3v) is 16.9. The van der Waals surface area contributed by atoms with Crippen LogP contribution >= 0.6 is 23.2 Å². The van der Waals surface area contributed by atoms with Crippen LogP contribution in [-0.4, -0.2) is 122 Å². The minimum atomic E-state index is -0.232. The molecule has 0 amide bonds. The second-order valence-corrected chi connectivity index (χ2v) is 25.9. The van der Waals surface area contributed by atoms with E-state index in [1.165, 1.54) is 6.20 Å². The van der Waals surface area contributed by atoms with Crippen LogP contribution in [0.3, 0.4) is 0 Å². The number of halogens is 2. The Bertz CT molecular complexity index is 5600. The van der Waals surface area contributed by atoms with Crippen LogP contribution in [0.5, 0.6) is 40.2 Å². The lowest BCUT2D eigenvalue weighted by atomic mass is 10.1. The molecule has 2 N–H and O–H groups in total. The molecule has 5 aromatic carbocycles. The smallest absolute Gasteiger partial charge is 0.296 e. The van der Waals surface area contributed by atoms with E-state index in [4.69, 9.17) is 74.0 Å². The SMILES string of the molecule is COc1cc(-c2noc(-c3c(O)cnc(C)c3O)n2)ccc1C.COc1cc(-c2noc(-c3cc(C)nc(Cl)c3)n2)ccc1C.COc1cc(-c2noc(-c3cc(CC(C)C)no3)n2)ccc1C.COc1cc(-c2noc(-c3ccnc(Cl)c3)n2)ccc1C.COc1cc(-c2noc(Cc3cccnc3)n2)ccc1C. The Labute approximate surface area is 641 Å². The molecule has 0 atom stereocenters. The molecule has 10 heterocycles. The number of ether oxygens (including phenoxy) is 5. The van der Waals surface area contributed by atoms with E-state index in [0.29, 0.717) is 98.1 Å². The van der Waals surface area contributed by atoms with Crippen LogP contribution in [0.15, 0.2) is 185 Å². The number of benzene rings is 5. The van der Waals surface area contributed by atoms with Crippen LogP contribution in [0.25, 0.3) is 103 Å². The van der Waals surface area contributed by atoms with Crippen molar-refractivity contribution in [1.29, 1.82) is 0 Å². The lowest BCUT2D eigenvalue weighted by molar-refractivity contribution is 0.380. The van der Waals surface area contributed by atoms with Crippen molar-refractivity contribution < 1.29 is 61.0 Å². The van der Waals surface area contributed by atoms with Crippen LogP contribution in [-0.2, 0) is 12.8 Å². The van der Waals surface area contributed by atoms with E-state index in [2.05, 4.69) is 89.6 Å². The van der Waals surface area contributed by atoms with Gasteiger partial charge >= 0.3 is 0 Å². The molecule has 15 rings (SSSR count). The molecule has 28 nitrogen and oxygen atoms in total. The molecule has 562 valence electrons. The van der Waals surface area contributed by atoms with Gasteiger partial charge < -0.3 is 61.0 Å². The Morgan fingerprint density at radius 3 is 1.29 bits per heavy atom. The molecule has 0 aliphatic heterocycles. The lowest BCUT2D eigenvalue weighted by Gasteiger charge is -2.05. The monoisotopic (exact) mass is 1520 g/mol. The second kappa shape index (κ2) is 35.9. The van der Waals surface area contributed by atoms with Crippen molar-refractivity contribution in [1.82, 2.24) is 75.8 Å². The van der Waals surface area contributed by atoms with Gasteiger partial charge in [-0.2, -0.15) is 24.9 Å². The molecule has 0 unspecified atom stereocenters. The van der Waals surface area contributed by atoms with E-state index in [1.54, 1.807) is 85.3 Å². The highest BCUT2D eigenvalue weighted by Gasteiger charge is 2.23. The average Bonchev–Trinajstić information content (AvgIpc) is 1.63. The molecule has 0 aliphatic carbocycles. The van der Waals surface area contributed by atoms with Crippen molar-refractivity contribution in [3.8, 4) is 143 Å². The number of nitrogens with zero attached hydrogens (tertiary/aromatic N) is 15. The van der Waals surface area contributed by atoms with Crippen LogP contribution in [0.4, 0.5) is 0 Å². The van der Waals surface area contributed by atoms with Crippen molar-refractivity contribution in [2.24, 2.45) is 5.92 Å². The Kier molecular flexibility index (Phi) is 25.4. The summed E-state index contributed by atoms with van der Waals surface area (Å²) in [6.07, 6.45) is 7.77. The van der Waals surface area contributed by atoms with Gasteiger partial charge in [-0.1, -0.05) is 135 Å². The van der Waals surface area contributed by atoms with Gasteiger partial charge in [-0.3, -0.25) is 9.97 Å². The number of hydrogen-bond acceptors (Lipinski definition) is 28. The Morgan fingerprint density at radius 1 is 0.400 bits per heavy atom. The third kappa shape index (κ3) is 19.5. The first kappa shape index (κ1) is 77.9. The summed E-state index contributed by atoms with van der Waals surface area (Å²) in [5, 5.41) is 44.7. The fraction of sp³-hybridized carbons (Fsp3) is 0.212. The van der Waals surface area contributed by atoms with Crippen molar-refractivity contribution in [3.63, 3.8) is 0 Å². The van der Waals surface area contributed by atoms with E-state index in [1.807, 2.05) is 151 Å². The van der Waals surface area contributed by atoms with Crippen molar-refractivity contribution >= 4 is 23.2 Å². The van der Waals surface area contributed by atoms with Crippen molar-refractivity contribution in [2.75, 3.05) is 35.5 Å². The van der Waals surface area contributed by atoms with Crippen LogP contribution in [0.1, 0.15) is 70.2 Å². The maximum absolute atomic E-state index is 10.1. The van der Waals surface area contributed by atoms with Gasteiger partial charge in [-0.25, -0.2) is 9.97 Å². The van der Waals surface area contributed by atoms with E-state index < -0.39 is 0 Å². The minimum Gasteiger partial charge on any atom is -0.505 e. The van der Waals surface area contributed by atoms with Gasteiger partial charge in [0.1, 0.15) is 50.4 Å². The van der Waals surface area contributed by atoms with E-state index in [9.17, 15) is 10.2 Å². The predicted octanol–water partition coefficient (Wildman–Crippen LogP) is 17.6. The van der Waals surface area contributed by atoms with E-state index in [0.717, 1.165) is 108 Å². The maximum atomic E-state index is 10.1. The number of aromatic nitrogens is 15. The zero-order chi connectivity index (χ0) is 78.1. The van der Waals surface area contributed by atoms with Gasteiger partial charge in [-0.05, 0) is 155 Å². The van der Waals surface area contributed by atoms with Crippen LogP contribution in [0, 0.1) is 54.4 Å². The summed E-state index contributed by atoms with van der Waals surface area (Å²) in [4.78, 5) is 37.8. The number of aromatic hydroxyl groups is 2. The molecule has 15 aromatic rings. The van der Waals surface area contributed by atoms with E-state index in [-0.39, 0.29) is 23.0 Å². The number of pyridine rings is 4. The largest absolute Gasteiger partial charge is 0.505 e. The molecule has 0 aliphatic rings. The summed E-state index contributed by atoms with van der Waals surface area (Å²) in [5.74, 6) is 8.51. The first-order valence-corrected chi connectivity index (χ1v) is 34.7. The number of methoxy groups -OCH3 is 5. The molecule has 0 saturated carbocycles. The zero-order valence-corrected chi connectivity index (χ0v) is 63.9. The van der Waals surface area contributed by atoms with Gasteiger partial charge in [0.2, 0.25) is 40.8 Å². The molecule has 0 radical (unpaired) electrons. The fourth-order valence-corrected chi connectivity index (χ4v) is 11.2. The van der Waals surface area contributed by atoms with Crippen LogP contribution in [0.2, 0.25) is 10.3 Å². The number of rotatable bonds is 18. The molecular formula is C80H75Cl2N15O13. The van der Waals surface area contributed by atoms with Crippen molar-refractivity contribution in [2.45, 2.75) is 75.2 Å². The maximum Gasteiger partial charge on any atom is 0.296 e. The normalized spacial score (nSPS) is 10.8. The summed E-state index contributed by atoms with van der Waals surface area (Å²) in [6.45, 7) is 17.6. The first-order chi connectivity index (χ1) is 53.1. The molecule has 0 bridgehead atoms. The molecular weight excluding hydrogens is 1450 g/mol. The zero-order valence-electron chi connectivity index (χ0n) is 62.4. The highest BCUT2D eigenvalue weighted by Crippen LogP contribution is 2.39. The molecule has 0 fully saturated rings. The summed E-state index contributed by atoms with van der Waals surface area (Å²) < 4.78 is 58.2. The van der Waals surface area contributed by atoms with E-state index >= 15 is 0 Å². The number of hydrogen-bond donors (Lipinski definition) is 2. The first-order valence-electron chi connectivity index (χ1n) is 34.0. The van der Waals surface area contributed by atoms with Crippen LogP contribution < -0.4 is 23.7 Å². The fourth-order valence-electron chi connectivity index (χ4n) is 10.7. The quantitative estimate of drug-likeness (QED) is 0.0753. The topological polar surface area (TPSA) is 359 Å². The summed E-state index contributed by atoms with van der Waals surface area (Å²) in [6, 6.07) is 41.3. The second-order valence-electron chi connectivity index (χ2n) is 25.1. The molecule has 0 saturated heterocycles.